The molecule has 14 heavy (non-hydrogen) atoms. The third-order valence-corrected chi connectivity index (χ3v) is 1.50. The van der Waals surface area contributed by atoms with E-state index in [0.29, 0.717) is 0 Å². The van der Waals surface area contributed by atoms with Gasteiger partial charge < -0.3 is 15.9 Å². The molecular weight excluding hydrogens is 238 g/mol. The zero-order valence-corrected chi connectivity index (χ0v) is 7.76. The number of carboxylic acids is 2. The van der Waals surface area contributed by atoms with Crippen LogP contribution in [0, 0.1) is 0 Å². The van der Waals surface area contributed by atoms with Crippen LogP contribution in [0.1, 0.15) is 20.7 Å². The van der Waals surface area contributed by atoms with Crippen LogP contribution in [0.15, 0.2) is 18.2 Å². The van der Waals surface area contributed by atoms with Crippen molar-refractivity contribution in [2.24, 2.45) is 0 Å². The number of anilines is 1. The largest absolute Gasteiger partial charge is 0.478 e. The molecule has 6 heteroatoms. The van der Waals surface area contributed by atoms with E-state index >= 15 is 0 Å². The van der Waals surface area contributed by atoms with Crippen molar-refractivity contribution in [1.82, 2.24) is 0 Å². The fourth-order valence-electron chi connectivity index (χ4n) is 0.925. The summed E-state index contributed by atoms with van der Waals surface area (Å²) in [6.45, 7) is 0. The molecule has 1 rings (SSSR count). The molecule has 0 heterocycles. The molecule has 0 atom stereocenters. The van der Waals surface area contributed by atoms with Crippen LogP contribution >= 0.6 is 0 Å². The predicted octanol–water partition coefficient (Wildman–Crippen LogP) is 0.663. The van der Waals surface area contributed by atoms with Crippen LogP contribution in [0.25, 0.3) is 0 Å². The van der Waals surface area contributed by atoms with Gasteiger partial charge in [0.2, 0.25) is 0 Å². The Morgan fingerprint density at radius 3 is 2.00 bits per heavy atom. The van der Waals surface area contributed by atoms with Crippen LogP contribution in [-0.4, -0.2) is 22.2 Å². The van der Waals surface area contributed by atoms with E-state index in [1.165, 1.54) is 12.1 Å². The van der Waals surface area contributed by atoms with Gasteiger partial charge in [-0.25, -0.2) is 9.59 Å². The average molecular weight is 245 g/mol. The van der Waals surface area contributed by atoms with E-state index in [-0.39, 0.29) is 33.9 Å². The van der Waals surface area contributed by atoms with Crippen molar-refractivity contribution >= 4 is 17.6 Å². The monoisotopic (exact) mass is 244 g/mol. The average Bonchev–Trinajstić information content (AvgIpc) is 2.03. The van der Waals surface area contributed by atoms with E-state index in [1.54, 1.807) is 0 Å². The smallest absolute Gasteiger partial charge is 0.336 e. The Balaban J connectivity index is 0.00000169. The van der Waals surface area contributed by atoms with Gasteiger partial charge in [-0.3, -0.25) is 0 Å². The first-order valence-electron chi connectivity index (χ1n) is 3.38. The Labute approximate surface area is 90.0 Å². The van der Waals surface area contributed by atoms with Crippen LogP contribution in [0.5, 0.6) is 0 Å². The molecule has 0 aromatic heterocycles. The Hall–Kier alpha value is -1.52. The molecule has 0 aliphatic heterocycles. The minimum atomic E-state index is -1.30. The van der Waals surface area contributed by atoms with Gasteiger partial charge in [0.05, 0.1) is 11.1 Å². The molecule has 4 N–H and O–H groups in total. The number of nitrogens with two attached hydrogens (primary N) is 1. The summed E-state index contributed by atoms with van der Waals surface area (Å²) in [5, 5.41) is 17.2. The molecule has 5 nitrogen and oxygen atoms in total. The van der Waals surface area contributed by atoms with Crippen molar-refractivity contribution < 1.29 is 36.9 Å². The molecule has 0 spiro atoms. The van der Waals surface area contributed by atoms with Crippen molar-refractivity contribution in [3.63, 3.8) is 0 Å². The van der Waals surface area contributed by atoms with Gasteiger partial charge in [0, 0.05) is 22.8 Å². The van der Waals surface area contributed by atoms with E-state index in [9.17, 15) is 9.59 Å². The topological polar surface area (TPSA) is 101 Å². The summed E-state index contributed by atoms with van der Waals surface area (Å²) in [4.78, 5) is 21.1. The van der Waals surface area contributed by atoms with E-state index in [4.69, 9.17) is 15.9 Å². The number of benzene rings is 1. The maximum Gasteiger partial charge on any atom is 0.336 e. The van der Waals surface area contributed by atoms with Gasteiger partial charge in [-0.15, -0.1) is 0 Å². The first kappa shape index (κ1) is 12.5. The van der Waals surface area contributed by atoms with Crippen molar-refractivity contribution in [2.75, 3.05) is 5.73 Å². The Morgan fingerprint density at radius 1 is 1.07 bits per heavy atom. The summed E-state index contributed by atoms with van der Waals surface area (Å²) in [5.74, 6) is -2.58. The molecule has 0 unspecified atom stereocenters. The molecule has 0 amide bonds. The fraction of sp³-hybridized carbons (Fsp3) is 0. The van der Waals surface area contributed by atoms with Gasteiger partial charge in [0.25, 0.3) is 0 Å². The van der Waals surface area contributed by atoms with Gasteiger partial charge in [-0.05, 0) is 18.2 Å². The third kappa shape index (κ3) is 2.48. The van der Waals surface area contributed by atoms with Crippen LogP contribution in [0.2, 0.25) is 0 Å². The molecule has 0 saturated carbocycles. The molecule has 0 fully saturated rings. The van der Waals surface area contributed by atoms with E-state index in [1.807, 2.05) is 0 Å². The second kappa shape index (κ2) is 4.64. The van der Waals surface area contributed by atoms with Crippen LogP contribution in [-0.2, 0) is 17.1 Å². The van der Waals surface area contributed by atoms with Crippen molar-refractivity contribution in [1.29, 1.82) is 0 Å². The normalized spacial score (nSPS) is 8.86. The second-order valence-corrected chi connectivity index (χ2v) is 2.42. The van der Waals surface area contributed by atoms with Gasteiger partial charge in [-0.1, -0.05) is 0 Å². The number of rotatable bonds is 2. The minimum absolute atomic E-state index is 0. The fourth-order valence-corrected chi connectivity index (χ4v) is 0.925. The Kier molecular flexibility index (Phi) is 4.14. The summed E-state index contributed by atoms with van der Waals surface area (Å²) in [7, 11) is 0. The van der Waals surface area contributed by atoms with E-state index in [2.05, 4.69) is 0 Å². The molecule has 79 valence electrons. The van der Waals surface area contributed by atoms with Crippen molar-refractivity contribution in [3.05, 3.63) is 29.3 Å². The second-order valence-electron chi connectivity index (χ2n) is 2.42. The minimum Gasteiger partial charge on any atom is -0.478 e. The standard InChI is InChI=1S/C8H7NO4.Cu/c9-4-1-2-5(7(10)11)6(3-4)8(12)13;/h1-3H,9H2,(H,10,11)(H,12,13);. The molecule has 0 saturated heterocycles. The molecule has 1 radical (unpaired) electrons. The number of hydrogen-bond donors (Lipinski definition) is 3. The SMILES string of the molecule is Nc1ccc(C(=O)O)c(C(=O)O)c1.[Cu]. The molecule has 0 aliphatic rings. The maximum atomic E-state index is 10.6. The summed E-state index contributed by atoms with van der Waals surface area (Å²) < 4.78 is 0. The van der Waals surface area contributed by atoms with E-state index < -0.39 is 11.9 Å². The summed E-state index contributed by atoms with van der Waals surface area (Å²) in [5.41, 5.74) is 4.97. The van der Waals surface area contributed by atoms with Crippen molar-refractivity contribution in [3.8, 4) is 0 Å². The van der Waals surface area contributed by atoms with Gasteiger partial charge in [0.15, 0.2) is 0 Å². The predicted molar refractivity (Wildman–Crippen MR) is 44.8 cm³/mol. The van der Waals surface area contributed by atoms with Gasteiger partial charge >= 0.3 is 11.9 Å². The summed E-state index contributed by atoms with van der Waals surface area (Å²) >= 11 is 0. The molecule has 1 aromatic carbocycles. The van der Waals surface area contributed by atoms with E-state index in [0.717, 1.165) is 6.07 Å². The first-order valence-corrected chi connectivity index (χ1v) is 3.38. The Bertz CT molecular complexity index is 378. The van der Waals surface area contributed by atoms with Crippen molar-refractivity contribution in [2.45, 2.75) is 0 Å². The number of nitrogen functional groups attached to an aromatic ring is 1. The van der Waals surface area contributed by atoms with Crippen LogP contribution in [0.3, 0.4) is 0 Å². The third-order valence-electron chi connectivity index (χ3n) is 1.50. The van der Waals surface area contributed by atoms with Crippen LogP contribution in [0.4, 0.5) is 5.69 Å². The Morgan fingerprint density at radius 2 is 1.57 bits per heavy atom. The number of hydrogen-bond acceptors (Lipinski definition) is 3. The summed E-state index contributed by atoms with van der Waals surface area (Å²) in [6, 6.07) is 3.63. The number of aromatic carboxylic acids is 2. The zero-order chi connectivity index (χ0) is 10.0. The molecular formula is C8H7CuNO4. The quantitative estimate of drug-likeness (QED) is 0.524. The number of carboxylic acid groups (broad SMARTS) is 2. The summed E-state index contributed by atoms with van der Waals surface area (Å²) in [6.07, 6.45) is 0. The molecule has 1 aromatic rings. The van der Waals surface area contributed by atoms with Gasteiger partial charge in [0.1, 0.15) is 0 Å². The van der Waals surface area contributed by atoms with Gasteiger partial charge in [-0.2, -0.15) is 0 Å². The van der Waals surface area contributed by atoms with Crippen LogP contribution < -0.4 is 5.73 Å². The zero-order valence-electron chi connectivity index (χ0n) is 6.82. The molecule has 0 aliphatic carbocycles. The molecule has 0 bridgehead atoms. The maximum absolute atomic E-state index is 10.6. The number of carbonyl (C=O) groups is 2. The first-order chi connectivity index (χ1) is 6.02.